The van der Waals surface area contributed by atoms with Gasteiger partial charge in [0.25, 0.3) is 0 Å². The van der Waals surface area contributed by atoms with E-state index >= 15 is 0 Å². The van der Waals surface area contributed by atoms with E-state index in [-0.39, 0.29) is 23.3 Å². The van der Waals surface area contributed by atoms with Crippen molar-refractivity contribution in [2.45, 2.75) is 43.0 Å². The molecule has 0 radical (unpaired) electrons. The van der Waals surface area contributed by atoms with Crippen LogP contribution in [0.5, 0.6) is 0 Å². The Bertz CT molecular complexity index is 1870. The Hall–Kier alpha value is -4.29. The van der Waals surface area contributed by atoms with Crippen molar-refractivity contribution in [3.63, 3.8) is 0 Å². The molecule has 3 aromatic carbocycles. The van der Waals surface area contributed by atoms with Crippen molar-refractivity contribution >= 4 is 16.7 Å². The number of benzene rings is 3. The zero-order chi connectivity index (χ0) is 30.6. The molecule has 7 rings (SSSR count). The Kier molecular flexibility index (Phi) is 7.13. The number of hydrogen-bond donors (Lipinski definition) is 3. The highest BCUT2D eigenvalue weighted by atomic mass is 32.3. The van der Waals surface area contributed by atoms with Crippen LogP contribution >= 0.6 is 10.8 Å². The summed E-state index contributed by atoms with van der Waals surface area (Å²) in [5, 5.41) is 22.8. The third-order valence-corrected chi connectivity index (χ3v) is 10.6. The van der Waals surface area contributed by atoms with Crippen molar-refractivity contribution in [1.82, 2.24) is 29.1 Å². The number of carboxylic acids is 1. The van der Waals surface area contributed by atoms with Crippen molar-refractivity contribution in [2.75, 3.05) is 6.54 Å². The SMILES string of the molecule is CC1Cc2ccccc2S(O)(O)N(Cc2cccc(-c3cccc(-n4ncc(C(=O)O)c4[C@@H]4C[C@H]4c4cn(C)nn4)c3)c2)C1. The molecule has 3 N–H and O–H groups in total. The fraction of sp³-hybridized carbons (Fsp3) is 0.273. The Morgan fingerprint density at radius 1 is 1.00 bits per heavy atom. The zero-order valence-corrected chi connectivity index (χ0v) is 25.3. The number of fused-ring (bicyclic) bond motifs is 1. The minimum Gasteiger partial charge on any atom is -0.478 e. The molecular formula is C33H34N6O4S. The lowest BCUT2D eigenvalue weighted by atomic mass is 10.0. The molecule has 2 aromatic heterocycles. The average molecular weight is 611 g/mol. The minimum atomic E-state index is -3.14. The van der Waals surface area contributed by atoms with Crippen LogP contribution in [-0.4, -0.2) is 55.8 Å². The van der Waals surface area contributed by atoms with Crippen molar-refractivity contribution in [1.29, 1.82) is 0 Å². The van der Waals surface area contributed by atoms with Crippen LogP contribution in [0, 0.1) is 5.92 Å². The molecule has 44 heavy (non-hydrogen) atoms. The van der Waals surface area contributed by atoms with Gasteiger partial charge in [0, 0.05) is 38.2 Å². The summed E-state index contributed by atoms with van der Waals surface area (Å²) in [6.45, 7) is 3.11. The molecule has 1 aliphatic carbocycles. The summed E-state index contributed by atoms with van der Waals surface area (Å²) in [7, 11) is -1.32. The molecular weight excluding hydrogens is 576 g/mol. The van der Waals surface area contributed by atoms with Gasteiger partial charge in [-0.15, -0.1) is 15.9 Å². The third-order valence-electron chi connectivity index (χ3n) is 8.60. The van der Waals surface area contributed by atoms with Crippen molar-refractivity contribution < 1.29 is 19.0 Å². The van der Waals surface area contributed by atoms with E-state index in [0.717, 1.165) is 46.5 Å². The topological polar surface area (TPSA) is 130 Å². The summed E-state index contributed by atoms with van der Waals surface area (Å²) in [4.78, 5) is 12.8. The molecule has 226 valence electrons. The van der Waals surface area contributed by atoms with Gasteiger partial charge < -0.3 is 5.11 Å². The highest BCUT2D eigenvalue weighted by molar-refractivity contribution is 8.22. The standard InChI is InChI=1S/C33H34N6O4S/c1-21-13-25-8-3-4-12-31(25)44(42,43)38(18-21)19-22-7-5-9-23(14-22)24-10-6-11-26(15-24)39-32(29(17-34-39)33(40)41)28-16-27(28)30-20-37(2)36-35-30/h3-12,14-15,17,20-21,27-28,42-43H,13,16,18-19H2,1-2H3,(H,40,41)/t21?,27-,28-/m1/s1. The number of hydrogen-bond acceptors (Lipinski definition) is 7. The molecule has 1 fully saturated rings. The second-order valence-corrected chi connectivity index (χ2v) is 13.9. The van der Waals surface area contributed by atoms with E-state index in [9.17, 15) is 19.0 Å². The number of aromatic carboxylic acids is 1. The second-order valence-electron chi connectivity index (χ2n) is 11.9. The van der Waals surface area contributed by atoms with E-state index < -0.39 is 16.7 Å². The van der Waals surface area contributed by atoms with E-state index in [4.69, 9.17) is 0 Å². The normalized spacial score (nSPS) is 21.8. The van der Waals surface area contributed by atoms with Gasteiger partial charge >= 0.3 is 5.97 Å². The first-order valence-corrected chi connectivity index (χ1v) is 16.2. The summed E-state index contributed by atoms with van der Waals surface area (Å²) in [6.07, 6.45) is 4.89. The summed E-state index contributed by atoms with van der Waals surface area (Å²) in [5.74, 6) is -0.661. The van der Waals surface area contributed by atoms with Crippen LogP contribution in [0.3, 0.4) is 0 Å². The molecule has 0 spiro atoms. The molecule has 2 aliphatic rings. The molecule has 0 bridgehead atoms. The van der Waals surface area contributed by atoms with E-state index in [1.165, 1.54) is 6.20 Å². The van der Waals surface area contributed by atoms with Crippen LogP contribution < -0.4 is 0 Å². The Balaban J connectivity index is 1.18. The van der Waals surface area contributed by atoms with E-state index in [0.29, 0.717) is 23.7 Å². The molecule has 1 unspecified atom stereocenters. The quantitative estimate of drug-likeness (QED) is 0.194. The van der Waals surface area contributed by atoms with Crippen molar-refractivity contribution in [3.8, 4) is 16.8 Å². The largest absolute Gasteiger partial charge is 0.478 e. The lowest BCUT2D eigenvalue weighted by Crippen LogP contribution is -2.30. The summed E-state index contributed by atoms with van der Waals surface area (Å²) >= 11 is 0. The number of nitrogens with zero attached hydrogens (tertiary/aromatic N) is 6. The van der Waals surface area contributed by atoms with Gasteiger partial charge in [-0.25, -0.2) is 9.48 Å². The minimum absolute atomic E-state index is 0.0202. The summed E-state index contributed by atoms with van der Waals surface area (Å²) in [5.41, 5.74) is 6.37. The predicted molar refractivity (Wildman–Crippen MR) is 168 cm³/mol. The van der Waals surface area contributed by atoms with Gasteiger partial charge in [0.1, 0.15) is 5.56 Å². The third kappa shape index (κ3) is 5.22. The molecule has 1 saturated carbocycles. The first-order chi connectivity index (χ1) is 21.2. The molecule has 11 heteroatoms. The monoisotopic (exact) mass is 610 g/mol. The van der Waals surface area contributed by atoms with Gasteiger partial charge in [0.2, 0.25) is 0 Å². The highest BCUT2D eigenvalue weighted by Gasteiger charge is 2.46. The Morgan fingerprint density at radius 3 is 2.55 bits per heavy atom. The molecule has 10 nitrogen and oxygen atoms in total. The van der Waals surface area contributed by atoms with Crippen LogP contribution in [0.4, 0.5) is 0 Å². The molecule has 1 aliphatic heterocycles. The predicted octanol–water partition coefficient (Wildman–Crippen LogP) is 6.36. The zero-order valence-electron chi connectivity index (χ0n) is 24.5. The maximum Gasteiger partial charge on any atom is 0.339 e. The first kappa shape index (κ1) is 28.5. The molecule has 0 saturated heterocycles. The van der Waals surface area contributed by atoms with Gasteiger partial charge in [-0.3, -0.25) is 13.8 Å². The van der Waals surface area contributed by atoms with Gasteiger partial charge in [0.05, 0.1) is 28.2 Å². The Morgan fingerprint density at radius 2 is 1.77 bits per heavy atom. The van der Waals surface area contributed by atoms with Gasteiger partial charge in [-0.1, -0.05) is 60.7 Å². The smallest absolute Gasteiger partial charge is 0.339 e. The lowest BCUT2D eigenvalue weighted by molar-refractivity contribution is 0.0695. The maximum absolute atomic E-state index is 12.2. The molecule has 3 heterocycles. The van der Waals surface area contributed by atoms with Crippen LogP contribution in [0.15, 0.2) is 90.1 Å². The number of rotatable bonds is 7. The number of carbonyl (C=O) groups is 1. The first-order valence-electron chi connectivity index (χ1n) is 14.7. The van der Waals surface area contributed by atoms with Crippen LogP contribution in [0.1, 0.15) is 58.1 Å². The van der Waals surface area contributed by atoms with Gasteiger partial charge in [-0.05, 0) is 65.3 Å². The van der Waals surface area contributed by atoms with Crippen LogP contribution in [0.25, 0.3) is 16.8 Å². The maximum atomic E-state index is 12.2. The number of aromatic nitrogens is 5. The van der Waals surface area contributed by atoms with E-state index in [1.807, 2.05) is 84.3 Å². The van der Waals surface area contributed by atoms with Crippen molar-refractivity contribution in [2.24, 2.45) is 13.0 Å². The van der Waals surface area contributed by atoms with E-state index in [2.05, 4.69) is 28.4 Å². The van der Waals surface area contributed by atoms with Crippen LogP contribution in [-0.2, 0) is 20.0 Å². The van der Waals surface area contributed by atoms with Gasteiger partial charge in [-0.2, -0.15) is 9.40 Å². The van der Waals surface area contributed by atoms with Crippen LogP contribution in [0.2, 0.25) is 0 Å². The average Bonchev–Trinajstić information content (AvgIpc) is 3.48. The van der Waals surface area contributed by atoms with Crippen molar-refractivity contribution in [3.05, 3.63) is 113 Å². The lowest BCUT2D eigenvalue weighted by Gasteiger charge is -2.43. The fourth-order valence-corrected chi connectivity index (χ4v) is 8.27. The van der Waals surface area contributed by atoms with E-state index in [1.54, 1.807) is 9.36 Å². The molecule has 3 atom stereocenters. The van der Waals surface area contributed by atoms with Gasteiger partial charge in [0.15, 0.2) is 0 Å². The molecule has 0 amide bonds. The second kappa shape index (κ2) is 11.0. The Labute approximate surface area is 257 Å². The highest BCUT2D eigenvalue weighted by Crippen LogP contribution is 2.56. The molecule has 5 aromatic rings. The summed E-state index contributed by atoms with van der Waals surface area (Å²) in [6, 6.07) is 23.6. The number of aryl methyl sites for hydroxylation is 1. The summed E-state index contributed by atoms with van der Waals surface area (Å²) < 4.78 is 28.0. The number of carboxylic acid groups (broad SMARTS) is 1. The fourth-order valence-electron chi connectivity index (χ4n) is 6.44.